The van der Waals surface area contributed by atoms with Crippen molar-refractivity contribution in [3.8, 4) is 73.2 Å². The standard InChI is InChI=1S/C68H42F12N4/c1-36-8-16-50(57(24-36)67(75,76)77)44-12-21-60-54(31-44)53-29-42(48-18-14-46(26-38(48)3)65(69,70)71)10-20-59(53)83(60)63-35-82-64(33-52(63)41-7-5-6-40(28-41)34-81)84-61-22-11-43(49-19-15-47(27-39(49)4)66(72,73)74)30-55(61)56-32-45(13-23-62(56)84)51-17-9-37(2)25-58(51)68(78,79)80/h5-33,35H,1-4H3. The predicted molar refractivity (Wildman–Crippen MR) is 304 cm³/mol. The summed E-state index contributed by atoms with van der Waals surface area (Å²) in [4.78, 5) is 5.11. The quantitative estimate of drug-likeness (QED) is 0.149. The van der Waals surface area contributed by atoms with Crippen LogP contribution < -0.4 is 0 Å². The van der Waals surface area contributed by atoms with Crippen LogP contribution in [0, 0.1) is 39.0 Å². The molecule has 0 aliphatic rings. The van der Waals surface area contributed by atoms with Crippen LogP contribution in [0.2, 0.25) is 0 Å². The summed E-state index contributed by atoms with van der Waals surface area (Å²) in [6.45, 7) is 6.24. The summed E-state index contributed by atoms with van der Waals surface area (Å²) in [6.07, 6.45) is -17.0. The molecule has 0 radical (unpaired) electrons. The van der Waals surface area contributed by atoms with E-state index in [1.807, 2.05) is 9.13 Å². The molecule has 12 aromatic rings. The van der Waals surface area contributed by atoms with Crippen LogP contribution in [0.15, 0.2) is 182 Å². The van der Waals surface area contributed by atoms with Gasteiger partial charge in [-0.1, -0.05) is 83.9 Å². The molecule has 0 unspecified atom stereocenters. The lowest BCUT2D eigenvalue weighted by Gasteiger charge is -2.17. The molecule has 0 aliphatic heterocycles. The molecule has 3 heterocycles. The third kappa shape index (κ3) is 9.66. The molecule has 9 aromatic carbocycles. The number of hydrogen-bond acceptors (Lipinski definition) is 2. The van der Waals surface area contributed by atoms with Crippen LogP contribution in [0.25, 0.3) is 111 Å². The Bertz CT molecular complexity index is 4740. The minimum Gasteiger partial charge on any atom is -0.307 e. The maximum Gasteiger partial charge on any atom is 0.417 e. The highest BCUT2D eigenvalue weighted by atomic mass is 19.4. The van der Waals surface area contributed by atoms with E-state index >= 15 is 0 Å². The molecular formula is C68H42F12N4. The lowest BCUT2D eigenvalue weighted by atomic mass is 9.95. The number of aryl methyl sites for hydroxylation is 4. The van der Waals surface area contributed by atoms with Gasteiger partial charge in [0.2, 0.25) is 0 Å². The summed E-state index contributed by atoms with van der Waals surface area (Å²) < 4.78 is 176. The van der Waals surface area contributed by atoms with Crippen molar-refractivity contribution >= 4 is 43.6 Å². The average Bonchev–Trinajstić information content (AvgIpc) is 1.92. The molecule has 4 nitrogen and oxygen atoms in total. The zero-order valence-corrected chi connectivity index (χ0v) is 44.6. The van der Waals surface area contributed by atoms with Gasteiger partial charge in [-0.05, 0) is 192 Å². The Hall–Kier alpha value is -9.62. The Balaban J connectivity index is 1.12. The number of nitriles is 1. The summed E-state index contributed by atoms with van der Waals surface area (Å²) in [5.74, 6) is 0.302. The van der Waals surface area contributed by atoms with Crippen LogP contribution in [0.5, 0.6) is 0 Å². The molecule has 16 heteroatoms. The number of fused-ring (bicyclic) bond motifs is 6. The summed E-state index contributed by atoms with van der Waals surface area (Å²) in [6, 6.07) is 46.1. The molecule has 0 fully saturated rings. The van der Waals surface area contributed by atoms with Crippen molar-refractivity contribution in [2.45, 2.75) is 52.4 Å². The second-order valence-corrected chi connectivity index (χ2v) is 21.0. The Labute approximate surface area is 471 Å². The second kappa shape index (κ2) is 19.8. The highest BCUT2D eigenvalue weighted by Crippen LogP contribution is 2.46. The van der Waals surface area contributed by atoms with E-state index in [2.05, 4.69) is 6.07 Å². The second-order valence-electron chi connectivity index (χ2n) is 21.0. The first-order valence-corrected chi connectivity index (χ1v) is 26.2. The summed E-state index contributed by atoms with van der Waals surface area (Å²) in [5, 5.41) is 12.3. The minimum absolute atomic E-state index is 0.0765. The summed E-state index contributed by atoms with van der Waals surface area (Å²) in [7, 11) is 0. The van der Waals surface area contributed by atoms with Gasteiger partial charge < -0.3 is 4.57 Å². The molecule has 0 saturated carbocycles. The van der Waals surface area contributed by atoms with Gasteiger partial charge in [0.25, 0.3) is 0 Å². The Morgan fingerprint density at radius 2 is 0.762 bits per heavy atom. The van der Waals surface area contributed by atoms with Gasteiger partial charge >= 0.3 is 24.7 Å². The molecule has 0 aliphatic carbocycles. The fourth-order valence-electron chi connectivity index (χ4n) is 11.6. The molecule has 84 heavy (non-hydrogen) atoms. The van der Waals surface area contributed by atoms with E-state index < -0.39 is 47.0 Å². The van der Waals surface area contributed by atoms with E-state index in [0.29, 0.717) is 116 Å². The van der Waals surface area contributed by atoms with Gasteiger partial charge in [0.15, 0.2) is 0 Å². The van der Waals surface area contributed by atoms with Crippen LogP contribution in [0.1, 0.15) is 50.1 Å². The van der Waals surface area contributed by atoms with E-state index in [1.54, 1.807) is 149 Å². The molecule has 0 amide bonds. The molecule has 0 saturated heterocycles. The number of benzene rings is 9. The number of alkyl halides is 12. The highest BCUT2D eigenvalue weighted by Gasteiger charge is 2.36. The van der Waals surface area contributed by atoms with Crippen LogP contribution >= 0.6 is 0 Å². The predicted octanol–water partition coefficient (Wildman–Crippen LogP) is 20.8. The summed E-state index contributed by atoms with van der Waals surface area (Å²) in [5.41, 5.74) is 4.29. The van der Waals surface area contributed by atoms with Gasteiger partial charge in [0.05, 0.1) is 67.8 Å². The third-order valence-electron chi connectivity index (χ3n) is 15.5. The lowest BCUT2D eigenvalue weighted by molar-refractivity contribution is -0.138. The summed E-state index contributed by atoms with van der Waals surface area (Å²) >= 11 is 0. The normalized spacial score (nSPS) is 12.5. The van der Waals surface area contributed by atoms with Crippen molar-refractivity contribution < 1.29 is 52.7 Å². The van der Waals surface area contributed by atoms with Crippen LogP contribution in [-0.2, 0) is 24.7 Å². The molecule has 3 aromatic heterocycles. The first-order valence-electron chi connectivity index (χ1n) is 26.2. The minimum atomic E-state index is -4.72. The van der Waals surface area contributed by atoms with E-state index in [4.69, 9.17) is 4.98 Å². The maximum absolute atomic E-state index is 14.8. The SMILES string of the molecule is Cc1ccc(-c2ccc3c(c2)c2cc(-c4ccc(C(F)(F)F)cc4C)ccc2n3-c2cc(-c3cccc(C#N)c3)c(-n3c4ccc(-c5ccc(C(F)(F)F)cc5C)cc4c4cc(-c5ccc(C)cc5C(F)(F)F)ccc43)cn2)c(C(F)(F)F)c1. The maximum atomic E-state index is 14.8. The highest BCUT2D eigenvalue weighted by molar-refractivity contribution is 6.13. The molecule has 0 bridgehead atoms. The number of halogens is 12. The first-order chi connectivity index (χ1) is 39.7. The number of rotatable bonds is 7. The van der Waals surface area contributed by atoms with Crippen molar-refractivity contribution in [1.82, 2.24) is 14.1 Å². The molecular weight excluding hydrogens is 1100 g/mol. The van der Waals surface area contributed by atoms with E-state index in [9.17, 15) is 57.9 Å². The average molecular weight is 1140 g/mol. The molecule has 0 atom stereocenters. The Kier molecular flexibility index (Phi) is 12.9. The molecule has 418 valence electrons. The molecule has 12 rings (SSSR count). The lowest BCUT2D eigenvalue weighted by Crippen LogP contribution is -2.07. The van der Waals surface area contributed by atoms with E-state index in [0.717, 1.165) is 36.4 Å². The van der Waals surface area contributed by atoms with Gasteiger partial charge in [-0.15, -0.1) is 0 Å². The van der Waals surface area contributed by atoms with Crippen LogP contribution in [-0.4, -0.2) is 14.1 Å². The van der Waals surface area contributed by atoms with Crippen molar-refractivity contribution in [3.05, 3.63) is 232 Å². The number of pyridine rings is 1. The molecule has 0 spiro atoms. The fraction of sp³-hybridized carbons (Fsp3) is 0.118. The van der Waals surface area contributed by atoms with Gasteiger partial charge in [-0.2, -0.15) is 57.9 Å². The number of nitrogens with zero attached hydrogens (tertiary/aromatic N) is 4. The van der Waals surface area contributed by atoms with Gasteiger partial charge in [-0.3, -0.25) is 4.57 Å². The molecule has 0 N–H and O–H groups in total. The van der Waals surface area contributed by atoms with Gasteiger partial charge in [0.1, 0.15) is 5.82 Å². The van der Waals surface area contributed by atoms with Gasteiger partial charge in [0, 0.05) is 27.1 Å². The Morgan fingerprint density at radius 3 is 1.15 bits per heavy atom. The van der Waals surface area contributed by atoms with E-state index in [-0.39, 0.29) is 22.3 Å². The monoisotopic (exact) mass is 1140 g/mol. The fourth-order valence-corrected chi connectivity index (χ4v) is 11.6. The Morgan fingerprint density at radius 1 is 0.369 bits per heavy atom. The van der Waals surface area contributed by atoms with Gasteiger partial charge in [-0.25, -0.2) is 4.98 Å². The van der Waals surface area contributed by atoms with Crippen molar-refractivity contribution in [1.29, 1.82) is 5.26 Å². The van der Waals surface area contributed by atoms with Crippen LogP contribution in [0.4, 0.5) is 52.7 Å². The van der Waals surface area contributed by atoms with E-state index in [1.165, 1.54) is 24.3 Å². The zero-order valence-electron chi connectivity index (χ0n) is 44.6. The smallest absolute Gasteiger partial charge is 0.307 e. The third-order valence-corrected chi connectivity index (χ3v) is 15.5. The largest absolute Gasteiger partial charge is 0.417 e. The first kappa shape index (κ1) is 54.9. The number of hydrogen-bond donors (Lipinski definition) is 0. The van der Waals surface area contributed by atoms with Crippen molar-refractivity contribution in [3.63, 3.8) is 0 Å². The van der Waals surface area contributed by atoms with Crippen molar-refractivity contribution in [2.75, 3.05) is 0 Å². The number of aromatic nitrogens is 3. The van der Waals surface area contributed by atoms with Crippen molar-refractivity contribution in [2.24, 2.45) is 0 Å². The van der Waals surface area contributed by atoms with Crippen LogP contribution in [0.3, 0.4) is 0 Å². The topological polar surface area (TPSA) is 46.5 Å². The zero-order chi connectivity index (χ0) is 59.5.